The highest BCUT2D eigenvalue weighted by atomic mass is 35.5. The van der Waals surface area contributed by atoms with E-state index in [-0.39, 0.29) is 30.0 Å². The van der Waals surface area contributed by atoms with Gasteiger partial charge in [-0.3, -0.25) is 28.8 Å². The van der Waals surface area contributed by atoms with E-state index in [4.69, 9.17) is 26.1 Å². The van der Waals surface area contributed by atoms with Crippen LogP contribution in [0.4, 0.5) is 0 Å². The fourth-order valence-corrected chi connectivity index (χ4v) is 6.30. The van der Waals surface area contributed by atoms with Gasteiger partial charge in [0.25, 0.3) is 11.5 Å². The number of nitrogens with zero attached hydrogens (tertiary/aromatic N) is 6. The molecule has 0 unspecified atom stereocenters. The summed E-state index contributed by atoms with van der Waals surface area (Å²) in [6.07, 6.45) is -0.160. The minimum absolute atomic E-state index is 0.00826. The Morgan fingerprint density at radius 1 is 0.882 bits per heavy atom. The van der Waals surface area contributed by atoms with E-state index in [1.54, 1.807) is 58.0 Å². The van der Waals surface area contributed by atoms with E-state index in [0.29, 0.717) is 83.8 Å². The summed E-state index contributed by atoms with van der Waals surface area (Å²) in [7, 11) is 2.09. The van der Waals surface area contributed by atoms with Crippen molar-refractivity contribution in [2.45, 2.75) is 26.5 Å². The highest BCUT2D eigenvalue weighted by Gasteiger charge is 2.26. The first-order chi connectivity index (χ1) is 24.6. The molecule has 0 saturated carbocycles. The third-order valence-electron chi connectivity index (χ3n) is 8.96. The Hall–Kier alpha value is -4.55. The summed E-state index contributed by atoms with van der Waals surface area (Å²) in [5, 5.41) is 1.08. The lowest BCUT2D eigenvalue weighted by molar-refractivity contribution is -0.135. The van der Waals surface area contributed by atoms with E-state index < -0.39 is 0 Å². The molecule has 0 spiro atoms. The number of likely N-dealkylation sites (N-methyl/N-ethyl adjacent to an activating group) is 1. The second-order valence-electron chi connectivity index (χ2n) is 12.9. The Morgan fingerprint density at radius 3 is 2.24 bits per heavy atom. The molecule has 0 aliphatic carbocycles. The van der Waals surface area contributed by atoms with Gasteiger partial charge < -0.3 is 19.3 Å². The Morgan fingerprint density at radius 2 is 1.55 bits per heavy atom. The number of Topliss-reactive ketones (excluding diaryl/α,β-unsaturated/α-hetero) is 1. The summed E-state index contributed by atoms with van der Waals surface area (Å²) in [4.78, 5) is 54.2. The van der Waals surface area contributed by atoms with Crippen molar-refractivity contribution in [3.63, 3.8) is 0 Å². The molecule has 2 aliphatic rings. The number of carbonyl (C=O) groups excluding carboxylic acids is 2. The predicted octanol–water partition coefficient (Wildman–Crippen LogP) is 4.78. The molecule has 2 saturated heterocycles. The molecule has 4 aromatic rings. The van der Waals surface area contributed by atoms with E-state index in [1.807, 2.05) is 32.0 Å². The van der Waals surface area contributed by atoms with Crippen LogP contribution >= 0.6 is 11.6 Å². The molecular weight excluding hydrogens is 668 g/mol. The summed E-state index contributed by atoms with van der Waals surface area (Å²) < 4.78 is 13.5. The van der Waals surface area contributed by atoms with Crippen LogP contribution in [0.15, 0.2) is 84.7 Å². The highest BCUT2D eigenvalue weighted by molar-refractivity contribution is 6.30. The van der Waals surface area contributed by atoms with Gasteiger partial charge in [0.15, 0.2) is 12.4 Å². The van der Waals surface area contributed by atoms with Crippen LogP contribution in [0.2, 0.25) is 5.02 Å². The Bertz CT molecular complexity index is 1860. The fourth-order valence-electron chi connectivity index (χ4n) is 6.18. The number of rotatable bonds is 11. The van der Waals surface area contributed by atoms with Gasteiger partial charge in [-0.2, -0.15) is 0 Å². The SMILES string of the molecule is C=C.CC(C)Oc1ccc(C(=O)CN2CCN(C)CC2)cc1-n1c(CN2CCN(C(=O)COc3ccc(Cl)cc3)CC2)nc2ccccc2c1=O. The van der Waals surface area contributed by atoms with Gasteiger partial charge in [-0.1, -0.05) is 23.7 Å². The van der Waals surface area contributed by atoms with E-state index in [2.05, 4.69) is 34.9 Å². The number of benzene rings is 3. The van der Waals surface area contributed by atoms with Crippen LogP contribution < -0.4 is 15.0 Å². The van der Waals surface area contributed by atoms with E-state index in [9.17, 15) is 14.4 Å². The number of ether oxygens (including phenoxy) is 2. The largest absolute Gasteiger partial charge is 0.489 e. The number of carbonyl (C=O) groups is 2. The quantitative estimate of drug-likeness (QED) is 0.161. The maximum absolute atomic E-state index is 14.3. The lowest BCUT2D eigenvalue weighted by Crippen LogP contribution is -2.50. The molecule has 3 heterocycles. The number of hydrogen-bond donors (Lipinski definition) is 0. The van der Waals surface area contributed by atoms with Crippen LogP contribution in [-0.2, 0) is 11.3 Å². The Kier molecular flexibility index (Phi) is 13.0. The molecule has 1 amide bonds. The molecule has 0 radical (unpaired) electrons. The number of ketones is 1. The number of fused-ring (bicyclic) bond motifs is 1. The van der Waals surface area contributed by atoms with Gasteiger partial charge in [-0.05, 0) is 75.5 Å². The van der Waals surface area contributed by atoms with E-state index in [1.165, 1.54) is 0 Å². The van der Waals surface area contributed by atoms with Crippen molar-refractivity contribution in [3.05, 3.63) is 107 Å². The molecule has 1 aromatic heterocycles. The zero-order chi connectivity index (χ0) is 36.5. The fraction of sp³-hybridized carbons (Fsp3) is 0.385. The van der Waals surface area contributed by atoms with Crippen molar-refractivity contribution in [1.29, 1.82) is 0 Å². The van der Waals surface area contributed by atoms with Crippen LogP contribution in [0, 0.1) is 0 Å². The Labute approximate surface area is 304 Å². The summed E-state index contributed by atoms with van der Waals surface area (Å²) >= 11 is 5.95. The summed E-state index contributed by atoms with van der Waals surface area (Å²) in [6.45, 7) is 16.2. The molecule has 2 aliphatic heterocycles. The number of para-hydroxylation sites is 1. The minimum Gasteiger partial charge on any atom is -0.489 e. The van der Waals surface area contributed by atoms with Crippen molar-refractivity contribution >= 4 is 34.2 Å². The van der Waals surface area contributed by atoms with Crippen molar-refractivity contribution in [2.24, 2.45) is 0 Å². The van der Waals surface area contributed by atoms with Gasteiger partial charge in [0.05, 0.1) is 35.8 Å². The second-order valence-corrected chi connectivity index (χ2v) is 13.4. The molecule has 6 rings (SSSR count). The van der Waals surface area contributed by atoms with Gasteiger partial charge in [0, 0.05) is 62.9 Å². The van der Waals surface area contributed by atoms with Crippen molar-refractivity contribution in [2.75, 3.05) is 72.6 Å². The monoisotopic (exact) mass is 714 g/mol. The average Bonchev–Trinajstić information content (AvgIpc) is 3.13. The molecule has 12 heteroatoms. The zero-order valence-electron chi connectivity index (χ0n) is 29.7. The van der Waals surface area contributed by atoms with Gasteiger partial charge in [0.1, 0.15) is 17.3 Å². The van der Waals surface area contributed by atoms with Gasteiger partial charge in [-0.25, -0.2) is 4.98 Å². The topological polar surface area (TPSA) is 100 Å². The number of piperazine rings is 2. The molecule has 11 nitrogen and oxygen atoms in total. The first-order valence-electron chi connectivity index (χ1n) is 17.3. The third-order valence-corrected chi connectivity index (χ3v) is 9.21. The Balaban J connectivity index is 0.00000248. The van der Waals surface area contributed by atoms with Crippen LogP contribution in [0.1, 0.15) is 30.0 Å². The zero-order valence-corrected chi connectivity index (χ0v) is 30.5. The molecule has 2 fully saturated rings. The first kappa shape index (κ1) is 37.7. The molecule has 0 N–H and O–H groups in total. The van der Waals surface area contributed by atoms with Crippen molar-refractivity contribution in [3.8, 4) is 17.2 Å². The van der Waals surface area contributed by atoms with E-state index >= 15 is 0 Å². The van der Waals surface area contributed by atoms with Crippen LogP contribution in [0.3, 0.4) is 0 Å². The molecule has 0 atom stereocenters. The normalized spacial score (nSPS) is 15.7. The highest BCUT2D eigenvalue weighted by Crippen LogP contribution is 2.28. The number of aromatic nitrogens is 2. The summed E-state index contributed by atoms with van der Waals surface area (Å²) in [5.41, 5.74) is 1.37. The van der Waals surface area contributed by atoms with E-state index in [0.717, 1.165) is 26.2 Å². The van der Waals surface area contributed by atoms with Crippen LogP contribution in [0.5, 0.6) is 11.5 Å². The number of amides is 1. The summed E-state index contributed by atoms with van der Waals surface area (Å²) in [6, 6.07) is 19.6. The maximum atomic E-state index is 14.3. The lowest BCUT2D eigenvalue weighted by Gasteiger charge is -2.34. The van der Waals surface area contributed by atoms with Gasteiger partial charge in [0.2, 0.25) is 0 Å². The molecule has 3 aromatic carbocycles. The maximum Gasteiger partial charge on any atom is 0.266 e. The third kappa shape index (κ3) is 9.62. The standard InChI is InChI=1S/C37H43ClN6O5.C2H4/c1-26(2)49-34-13-8-27(33(45)23-41-16-14-40(3)15-17-41)22-32(34)44-35(39-31-7-5-4-6-30(31)37(44)47)24-42-18-20-43(21-19-42)36(46)25-48-29-11-9-28(38)10-12-29;1-2/h4-13,22,26H,14-21,23-25H2,1-3H3;1-2H2. The van der Waals surface area contributed by atoms with Crippen molar-refractivity contribution in [1.82, 2.24) is 29.2 Å². The number of hydrogen-bond acceptors (Lipinski definition) is 9. The first-order valence-corrected chi connectivity index (χ1v) is 17.7. The van der Waals surface area contributed by atoms with Crippen LogP contribution in [-0.4, -0.2) is 120 Å². The average molecular weight is 715 g/mol. The molecule has 51 heavy (non-hydrogen) atoms. The predicted molar refractivity (Wildman–Crippen MR) is 201 cm³/mol. The van der Waals surface area contributed by atoms with Crippen LogP contribution in [0.25, 0.3) is 16.6 Å². The van der Waals surface area contributed by atoms with Gasteiger partial charge in [-0.15, -0.1) is 13.2 Å². The number of halogens is 1. The minimum atomic E-state index is -0.231. The molecular formula is C39H47ClN6O5. The molecule has 270 valence electrons. The smallest absolute Gasteiger partial charge is 0.266 e. The van der Waals surface area contributed by atoms with Crippen molar-refractivity contribution < 1.29 is 19.1 Å². The lowest BCUT2D eigenvalue weighted by atomic mass is 10.1. The molecule has 0 bridgehead atoms. The van der Waals surface area contributed by atoms with Gasteiger partial charge >= 0.3 is 0 Å². The second kappa shape index (κ2) is 17.6. The summed E-state index contributed by atoms with van der Waals surface area (Å²) in [5.74, 6) is 1.52.